The normalized spacial score (nSPS) is 11.8. The van der Waals surface area contributed by atoms with Gasteiger partial charge in [0.05, 0.1) is 23.3 Å². The van der Waals surface area contributed by atoms with Crippen molar-refractivity contribution in [3.8, 4) is 0 Å². The molecule has 4 aromatic rings. The van der Waals surface area contributed by atoms with E-state index in [1.54, 1.807) is 30.7 Å². The molecule has 0 aliphatic rings. The molecule has 2 aromatic carbocycles. The molecule has 0 unspecified atom stereocenters. The van der Waals surface area contributed by atoms with Crippen LogP contribution in [0.3, 0.4) is 0 Å². The van der Waals surface area contributed by atoms with E-state index in [-0.39, 0.29) is 17.0 Å². The van der Waals surface area contributed by atoms with Gasteiger partial charge in [0.15, 0.2) is 0 Å². The van der Waals surface area contributed by atoms with Gasteiger partial charge in [0, 0.05) is 42.1 Å². The van der Waals surface area contributed by atoms with Gasteiger partial charge >= 0.3 is 5.97 Å². The summed E-state index contributed by atoms with van der Waals surface area (Å²) in [6.07, 6.45) is 5.75. The van der Waals surface area contributed by atoms with Crippen molar-refractivity contribution >= 4 is 26.9 Å². The van der Waals surface area contributed by atoms with Crippen LogP contribution in [-0.4, -0.2) is 40.2 Å². The second-order valence-corrected chi connectivity index (χ2v) is 9.47. The largest absolute Gasteiger partial charge is 0.478 e. The lowest BCUT2D eigenvalue weighted by Gasteiger charge is -2.13. The zero-order valence-electron chi connectivity index (χ0n) is 17.9. The summed E-state index contributed by atoms with van der Waals surface area (Å²) in [5.41, 5.74) is 3.05. The number of rotatable bonds is 9. The van der Waals surface area contributed by atoms with Crippen LogP contribution in [0.15, 0.2) is 66.1 Å². The van der Waals surface area contributed by atoms with E-state index < -0.39 is 21.8 Å². The number of nitrogens with one attached hydrogen (secondary N) is 1. The van der Waals surface area contributed by atoms with Crippen LogP contribution in [0.25, 0.3) is 10.9 Å². The van der Waals surface area contributed by atoms with Crippen LogP contribution < -0.4 is 4.72 Å². The molecule has 0 spiro atoms. The minimum atomic E-state index is -3.74. The Morgan fingerprint density at radius 3 is 2.61 bits per heavy atom. The fourth-order valence-corrected chi connectivity index (χ4v) is 4.94. The first kappa shape index (κ1) is 22.7. The van der Waals surface area contributed by atoms with Crippen LogP contribution in [0.1, 0.15) is 28.0 Å². The second kappa shape index (κ2) is 9.16. The highest BCUT2D eigenvalue weighted by atomic mass is 32.2. The molecule has 2 N–H and O–H groups in total. The second-order valence-electron chi connectivity index (χ2n) is 7.70. The number of aryl methyl sites for hydroxylation is 2. The third-order valence-corrected chi connectivity index (χ3v) is 7.04. The molecule has 0 radical (unpaired) electrons. The predicted octanol–water partition coefficient (Wildman–Crippen LogP) is 3.40. The van der Waals surface area contributed by atoms with Gasteiger partial charge < -0.3 is 14.2 Å². The zero-order valence-corrected chi connectivity index (χ0v) is 18.7. The Morgan fingerprint density at radius 2 is 1.94 bits per heavy atom. The van der Waals surface area contributed by atoms with Gasteiger partial charge in [-0.25, -0.2) is 27.3 Å². The van der Waals surface area contributed by atoms with Gasteiger partial charge in [0.2, 0.25) is 10.0 Å². The van der Waals surface area contributed by atoms with Gasteiger partial charge in [-0.3, -0.25) is 0 Å². The molecule has 0 atom stereocenters. The van der Waals surface area contributed by atoms with Gasteiger partial charge in [-0.2, -0.15) is 0 Å². The highest BCUT2D eigenvalue weighted by Gasteiger charge is 2.17. The Hall–Kier alpha value is -3.50. The first-order valence-corrected chi connectivity index (χ1v) is 11.8. The van der Waals surface area contributed by atoms with Gasteiger partial charge in [0.25, 0.3) is 0 Å². The number of aromatic carboxylic acids is 1. The van der Waals surface area contributed by atoms with Gasteiger partial charge in [-0.05, 0) is 61.4 Å². The predicted molar refractivity (Wildman–Crippen MR) is 121 cm³/mol. The third-order valence-electron chi connectivity index (χ3n) is 5.56. The number of benzene rings is 2. The molecule has 2 heterocycles. The van der Waals surface area contributed by atoms with Crippen LogP contribution in [-0.2, 0) is 23.1 Å². The van der Waals surface area contributed by atoms with Crippen LogP contribution >= 0.6 is 0 Å². The molecule has 0 saturated heterocycles. The van der Waals surface area contributed by atoms with Crippen LogP contribution in [0.4, 0.5) is 4.39 Å². The molecule has 0 bridgehead atoms. The average molecular weight is 471 g/mol. The van der Waals surface area contributed by atoms with Crippen LogP contribution in [0.5, 0.6) is 0 Å². The monoisotopic (exact) mass is 470 g/mol. The Bertz CT molecular complexity index is 1390. The van der Waals surface area contributed by atoms with Gasteiger partial charge in [-0.15, -0.1) is 0 Å². The summed E-state index contributed by atoms with van der Waals surface area (Å²) >= 11 is 0. The van der Waals surface area contributed by atoms with E-state index in [9.17, 15) is 22.7 Å². The minimum absolute atomic E-state index is 0.00755. The highest BCUT2D eigenvalue weighted by molar-refractivity contribution is 7.89. The van der Waals surface area contributed by atoms with Crippen molar-refractivity contribution in [2.75, 3.05) is 6.54 Å². The summed E-state index contributed by atoms with van der Waals surface area (Å²) in [4.78, 5) is 15.5. The van der Waals surface area contributed by atoms with E-state index >= 15 is 0 Å². The summed E-state index contributed by atoms with van der Waals surface area (Å²) in [6, 6.07) is 9.69. The van der Waals surface area contributed by atoms with E-state index in [0.29, 0.717) is 19.5 Å². The molecule has 172 valence electrons. The third kappa shape index (κ3) is 4.81. The molecular formula is C23H23FN4O4S. The van der Waals surface area contributed by atoms with Crippen LogP contribution in [0, 0.1) is 12.7 Å². The smallest absolute Gasteiger partial charge is 0.335 e. The Labute approximate surface area is 190 Å². The highest BCUT2D eigenvalue weighted by Crippen LogP contribution is 2.28. The van der Waals surface area contributed by atoms with Gasteiger partial charge in [-0.1, -0.05) is 0 Å². The molecule has 33 heavy (non-hydrogen) atoms. The first-order valence-electron chi connectivity index (χ1n) is 10.3. The summed E-state index contributed by atoms with van der Waals surface area (Å²) in [7, 11) is -3.74. The number of carbonyl (C=O) groups is 1. The summed E-state index contributed by atoms with van der Waals surface area (Å²) < 4.78 is 44.5. The van der Waals surface area contributed by atoms with Crippen molar-refractivity contribution in [2.45, 2.75) is 31.3 Å². The van der Waals surface area contributed by atoms with E-state index in [0.717, 1.165) is 34.3 Å². The standard InChI is InChI=1S/C23H23FN4O4S/c1-16-20-13-17(23(29)30)3-8-21(20)28(22(16)14-27-12-10-25-15-27)11-2-9-26-33(31,32)19-6-4-18(24)5-7-19/h3-8,10,12-13,15,26H,2,9,11,14H2,1H3,(H,29,30). The number of sulfonamides is 1. The van der Waals surface area contributed by atoms with E-state index in [1.807, 2.05) is 17.7 Å². The molecule has 10 heteroatoms. The summed E-state index contributed by atoms with van der Waals surface area (Å²) in [6.45, 7) is 3.21. The minimum Gasteiger partial charge on any atom is -0.478 e. The molecule has 0 aliphatic heterocycles. The molecule has 0 amide bonds. The number of hydrogen-bond acceptors (Lipinski definition) is 4. The zero-order chi connectivity index (χ0) is 23.6. The lowest BCUT2D eigenvalue weighted by Crippen LogP contribution is -2.25. The summed E-state index contributed by atoms with van der Waals surface area (Å²) in [5, 5.41) is 10.2. The number of imidazole rings is 1. The summed E-state index contributed by atoms with van der Waals surface area (Å²) in [5.74, 6) is -1.49. The number of halogens is 1. The number of hydrogen-bond donors (Lipinski definition) is 2. The fourth-order valence-electron chi connectivity index (χ4n) is 3.86. The maximum Gasteiger partial charge on any atom is 0.335 e. The van der Waals surface area contributed by atoms with E-state index in [2.05, 4.69) is 14.3 Å². The van der Waals surface area contributed by atoms with E-state index in [4.69, 9.17) is 0 Å². The number of carboxylic acids is 1. The molecular weight excluding hydrogens is 447 g/mol. The first-order chi connectivity index (χ1) is 15.8. The molecule has 0 aliphatic carbocycles. The Balaban J connectivity index is 1.56. The topological polar surface area (TPSA) is 106 Å². The average Bonchev–Trinajstić information content (AvgIpc) is 3.39. The molecule has 2 aromatic heterocycles. The van der Waals surface area contributed by atoms with Crippen molar-refractivity contribution < 1.29 is 22.7 Å². The van der Waals surface area contributed by atoms with Crippen molar-refractivity contribution in [1.82, 2.24) is 18.8 Å². The van der Waals surface area contributed by atoms with Crippen molar-refractivity contribution in [1.29, 1.82) is 0 Å². The van der Waals surface area contributed by atoms with Crippen molar-refractivity contribution in [3.63, 3.8) is 0 Å². The maximum atomic E-state index is 13.1. The number of nitrogens with zero attached hydrogens (tertiary/aromatic N) is 3. The lowest BCUT2D eigenvalue weighted by molar-refractivity contribution is 0.0697. The van der Waals surface area contributed by atoms with Crippen LogP contribution in [0.2, 0.25) is 0 Å². The molecule has 8 nitrogen and oxygen atoms in total. The Kier molecular flexibility index (Phi) is 6.30. The quantitative estimate of drug-likeness (QED) is 0.365. The fraction of sp³-hybridized carbons (Fsp3) is 0.217. The number of aromatic nitrogens is 3. The number of fused-ring (bicyclic) bond motifs is 1. The SMILES string of the molecule is Cc1c(Cn2ccnc2)n(CCCNS(=O)(=O)c2ccc(F)cc2)c2ccc(C(=O)O)cc12. The maximum absolute atomic E-state index is 13.1. The lowest BCUT2D eigenvalue weighted by atomic mass is 10.1. The van der Waals surface area contributed by atoms with Gasteiger partial charge in [0.1, 0.15) is 5.82 Å². The van der Waals surface area contributed by atoms with E-state index in [1.165, 1.54) is 12.1 Å². The number of carboxylic acid groups (broad SMARTS) is 1. The molecule has 0 saturated carbocycles. The molecule has 0 fully saturated rings. The van der Waals surface area contributed by atoms with Crippen molar-refractivity contribution in [2.24, 2.45) is 0 Å². The Morgan fingerprint density at radius 1 is 1.18 bits per heavy atom. The van der Waals surface area contributed by atoms with Crippen molar-refractivity contribution in [3.05, 3.63) is 83.8 Å². The molecule has 4 rings (SSSR count).